The molecule has 3 aromatic rings. The van der Waals surface area contributed by atoms with E-state index in [0.29, 0.717) is 18.9 Å². The monoisotopic (exact) mass is 626 g/mol. The van der Waals surface area contributed by atoms with Crippen LogP contribution in [0.3, 0.4) is 0 Å². The summed E-state index contributed by atoms with van der Waals surface area (Å²) in [6.45, 7) is -0.944. The molecule has 0 aliphatic heterocycles. The highest BCUT2D eigenvalue weighted by molar-refractivity contribution is 6.31. The number of pyridine rings is 1. The molecule has 0 saturated heterocycles. The minimum atomic E-state index is -3.02. The van der Waals surface area contributed by atoms with E-state index in [1.807, 2.05) is 0 Å². The summed E-state index contributed by atoms with van der Waals surface area (Å²) in [5.74, 6) is -4.59. The van der Waals surface area contributed by atoms with Crippen molar-refractivity contribution in [1.82, 2.24) is 10.3 Å². The van der Waals surface area contributed by atoms with E-state index in [1.54, 1.807) is 0 Å². The first-order valence-corrected chi connectivity index (χ1v) is 13.3. The van der Waals surface area contributed by atoms with Gasteiger partial charge in [0.15, 0.2) is 5.82 Å². The fourth-order valence-corrected chi connectivity index (χ4v) is 4.76. The van der Waals surface area contributed by atoms with E-state index < -0.39 is 69.9 Å². The van der Waals surface area contributed by atoms with Gasteiger partial charge in [0, 0.05) is 34.5 Å². The van der Waals surface area contributed by atoms with Crippen molar-refractivity contribution in [1.29, 1.82) is 0 Å². The van der Waals surface area contributed by atoms with Crippen molar-refractivity contribution in [3.63, 3.8) is 0 Å². The van der Waals surface area contributed by atoms with Gasteiger partial charge in [-0.1, -0.05) is 11.6 Å². The number of nitrogens with one attached hydrogen (secondary N) is 1. The average molecular weight is 627 g/mol. The second-order valence-corrected chi connectivity index (χ2v) is 11.0. The Morgan fingerprint density at radius 1 is 1.19 bits per heavy atom. The molecule has 5 N–H and O–H groups in total. The van der Waals surface area contributed by atoms with Gasteiger partial charge in [-0.25, -0.2) is 23.1 Å². The number of nitrogens with two attached hydrogens (primary N) is 1. The lowest BCUT2D eigenvalue weighted by molar-refractivity contribution is 0.00863. The number of carbonyl (C=O) groups is 1. The number of aliphatic hydroxyl groups is 2. The number of carbonyl (C=O) groups excluding carboxylic acids is 1. The fraction of sp³-hybridized carbons (Fsp3) is 0.345. The van der Waals surface area contributed by atoms with E-state index >= 15 is 4.39 Å². The van der Waals surface area contributed by atoms with E-state index in [4.69, 9.17) is 22.1 Å². The van der Waals surface area contributed by atoms with Gasteiger partial charge in [0.25, 0.3) is 5.91 Å². The molecule has 8 nitrogen and oxygen atoms in total. The maximum absolute atomic E-state index is 15.7. The lowest BCUT2D eigenvalue weighted by Crippen LogP contribution is -2.43. The van der Waals surface area contributed by atoms with Crippen LogP contribution in [0.2, 0.25) is 5.02 Å². The van der Waals surface area contributed by atoms with Crippen LogP contribution in [0.4, 0.5) is 27.6 Å². The van der Waals surface area contributed by atoms with Crippen molar-refractivity contribution in [3.8, 4) is 17.0 Å². The zero-order chi connectivity index (χ0) is 31.9. The number of amides is 1. The molecular weight excluding hydrogens is 599 g/mol. The average Bonchev–Trinajstić information content (AvgIpc) is 3.79. The second kappa shape index (κ2) is 12.1. The maximum atomic E-state index is 15.7. The number of aromatic nitrogens is 1. The van der Waals surface area contributed by atoms with Crippen LogP contribution in [0.15, 0.2) is 35.3 Å². The lowest BCUT2D eigenvalue weighted by atomic mass is 9.87. The van der Waals surface area contributed by atoms with Gasteiger partial charge >= 0.3 is 6.55 Å². The molecule has 1 amide bonds. The van der Waals surface area contributed by atoms with Crippen LogP contribution in [-0.2, 0) is 11.2 Å². The molecule has 43 heavy (non-hydrogen) atoms. The Morgan fingerprint density at radius 2 is 1.86 bits per heavy atom. The molecule has 1 aliphatic carbocycles. The first-order chi connectivity index (χ1) is 20.1. The number of methoxy groups -OCH3 is 1. The maximum Gasteiger partial charge on any atom is 0.331 e. The SMILES string of the molecule is COc1cc(C(=O)NC[C@](O)(c2cc(C(C)(C)O)c(F)c(-c3cc(Cl)c(F)cc3F)n2)C2CC2)cc(C=NC(F)F)c1N. The molecule has 1 saturated carbocycles. The van der Waals surface area contributed by atoms with E-state index in [1.165, 1.54) is 33.1 Å². The lowest BCUT2D eigenvalue weighted by Gasteiger charge is -2.31. The number of halogens is 6. The molecule has 2 aromatic carbocycles. The van der Waals surface area contributed by atoms with E-state index in [0.717, 1.165) is 18.3 Å². The zero-order valence-electron chi connectivity index (χ0n) is 23.2. The number of benzene rings is 2. The Labute approximate surface area is 248 Å². The first-order valence-electron chi connectivity index (χ1n) is 12.9. The van der Waals surface area contributed by atoms with Crippen molar-refractivity contribution >= 4 is 29.4 Å². The van der Waals surface area contributed by atoms with Gasteiger partial charge in [-0.3, -0.25) is 4.79 Å². The molecule has 14 heteroatoms. The smallest absolute Gasteiger partial charge is 0.331 e. The third-order valence-corrected chi connectivity index (χ3v) is 7.37. The van der Waals surface area contributed by atoms with Crippen LogP contribution in [-0.4, -0.2) is 47.5 Å². The summed E-state index contributed by atoms with van der Waals surface area (Å²) in [7, 11) is 1.27. The van der Waals surface area contributed by atoms with Crippen molar-refractivity contribution in [2.24, 2.45) is 10.9 Å². The Hall–Kier alpha value is -3.81. The van der Waals surface area contributed by atoms with Crippen LogP contribution in [0.25, 0.3) is 11.3 Å². The normalized spacial score (nSPS) is 15.2. The van der Waals surface area contributed by atoms with Gasteiger partial charge in [-0.15, -0.1) is 0 Å². The molecular formula is C29H28ClF5N4O4. The molecule has 1 fully saturated rings. The number of anilines is 1. The molecule has 230 valence electrons. The molecule has 0 unspecified atom stereocenters. The summed E-state index contributed by atoms with van der Waals surface area (Å²) in [6, 6.07) is 4.90. The van der Waals surface area contributed by atoms with Gasteiger partial charge in [0.05, 0.1) is 35.7 Å². The van der Waals surface area contributed by atoms with Gasteiger partial charge in [0.2, 0.25) is 0 Å². The topological polar surface area (TPSA) is 130 Å². The number of nitrogen functional groups attached to an aromatic ring is 1. The third kappa shape index (κ3) is 6.73. The Morgan fingerprint density at radius 3 is 2.44 bits per heavy atom. The number of hydrogen-bond acceptors (Lipinski definition) is 7. The molecule has 1 aromatic heterocycles. The van der Waals surface area contributed by atoms with Crippen LogP contribution in [0.1, 0.15) is 53.9 Å². The highest BCUT2D eigenvalue weighted by Crippen LogP contribution is 2.46. The van der Waals surface area contributed by atoms with E-state index in [2.05, 4.69) is 15.3 Å². The van der Waals surface area contributed by atoms with Crippen molar-refractivity contribution in [2.75, 3.05) is 19.4 Å². The molecule has 0 radical (unpaired) electrons. The summed E-state index contributed by atoms with van der Waals surface area (Å²) >= 11 is 5.83. The largest absolute Gasteiger partial charge is 0.495 e. The number of nitrogens with zero attached hydrogens (tertiary/aromatic N) is 2. The van der Waals surface area contributed by atoms with Crippen LogP contribution < -0.4 is 15.8 Å². The Balaban J connectivity index is 1.76. The van der Waals surface area contributed by atoms with Gasteiger partial charge in [0.1, 0.15) is 28.7 Å². The van der Waals surface area contributed by atoms with Gasteiger partial charge < -0.3 is 26.0 Å². The van der Waals surface area contributed by atoms with Gasteiger partial charge in [-0.2, -0.15) is 8.78 Å². The fourth-order valence-electron chi connectivity index (χ4n) is 4.59. The van der Waals surface area contributed by atoms with E-state index in [9.17, 15) is 32.6 Å². The van der Waals surface area contributed by atoms with Crippen molar-refractivity contribution in [2.45, 2.75) is 44.4 Å². The zero-order valence-corrected chi connectivity index (χ0v) is 23.9. The van der Waals surface area contributed by atoms with Crippen LogP contribution >= 0.6 is 11.6 Å². The third-order valence-electron chi connectivity index (χ3n) is 7.08. The van der Waals surface area contributed by atoms with Crippen LogP contribution in [0.5, 0.6) is 5.75 Å². The minimum Gasteiger partial charge on any atom is -0.495 e. The molecule has 0 bridgehead atoms. The predicted octanol–water partition coefficient (Wildman–Crippen LogP) is 5.31. The molecule has 0 spiro atoms. The summed E-state index contributed by atoms with van der Waals surface area (Å²) in [5, 5.41) is 24.6. The minimum absolute atomic E-state index is 0.0121. The summed E-state index contributed by atoms with van der Waals surface area (Å²) in [5.41, 5.74) is 0.368. The quantitative estimate of drug-likeness (QED) is 0.0794. The van der Waals surface area contributed by atoms with E-state index in [-0.39, 0.29) is 33.8 Å². The van der Waals surface area contributed by atoms with Crippen LogP contribution in [0, 0.1) is 23.4 Å². The standard InChI is InChI=1S/C29H28ClF5N4O4/c1-28(2,41)17-9-22(39-25(23(17)33)16-8-18(30)20(32)10-19(16)31)29(42,15-4-5-15)12-38-26(40)13-6-14(11-37-27(34)35)24(36)21(7-13)43-3/h6-11,15,27,41-42H,4-5,12,36H2,1-3H3,(H,38,40)/t29-/m1/s1. The highest BCUT2D eigenvalue weighted by atomic mass is 35.5. The molecule has 1 heterocycles. The first kappa shape index (κ1) is 32.1. The van der Waals surface area contributed by atoms with Gasteiger partial charge in [-0.05, 0) is 56.9 Å². The Kier molecular flexibility index (Phi) is 9.00. The van der Waals surface area contributed by atoms with Crippen molar-refractivity contribution in [3.05, 3.63) is 75.2 Å². The summed E-state index contributed by atoms with van der Waals surface area (Å²) in [4.78, 5) is 20.4. The molecule has 1 atom stereocenters. The number of rotatable bonds is 10. The summed E-state index contributed by atoms with van der Waals surface area (Å²) < 4.78 is 74.8. The number of alkyl halides is 2. The highest BCUT2D eigenvalue weighted by Gasteiger charge is 2.47. The second-order valence-electron chi connectivity index (χ2n) is 10.6. The molecule has 1 aliphatic rings. The summed E-state index contributed by atoms with van der Waals surface area (Å²) in [6.07, 6.45) is 1.79. The number of hydrogen-bond donors (Lipinski definition) is 4. The number of ether oxygens (including phenoxy) is 1. The molecule has 4 rings (SSSR count). The predicted molar refractivity (Wildman–Crippen MR) is 150 cm³/mol. The Bertz CT molecular complexity index is 1590. The number of aliphatic imine (C=N–C) groups is 1. The van der Waals surface area contributed by atoms with Crippen molar-refractivity contribution < 1.29 is 41.7 Å².